The van der Waals surface area contributed by atoms with Crippen LogP contribution >= 0.6 is 0 Å². The molecule has 0 aromatic carbocycles. The molecular weight excluding hydrogens is 372 g/mol. The zero-order valence-electron chi connectivity index (χ0n) is 19.0. The Hall–Kier alpha value is -1.84. The number of allylic oxidation sites excluding steroid dienone is 2. The highest BCUT2D eigenvalue weighted by Gasteiger charge is 2.60. The van der Waals surface area contributed by atoms with Gasteiger partial charge in [0.2, 0.25) is 5.91 Å². The van der Waals surface area contributed by atoms with Crippen LogP contribution in [0.3, 0.4) is 0 Å². The van der Waals surface area contributed by atoms with Crippen LogP contribution in [-0.2, 0) is 4.79 Å². The number of ether oxygens (including phenoxy) is 1. The second-order valence-corrected chi connectivity index (χ2v) is 10.6. The molecule has 3 aliphatic carbocycles. The van der Waals surface area contributed by atoms with Gasteiger partial charge in [-0.25, -0.2) is 0 Å². The summed E-state index contributed by atoms with van der Waals surface area (Å²) < 4.78 is 5.45. The first-order valence-electron chi connectivity index (χ1n) is 11.9. The van der Waals surface area contributed by atoms with Crippen LogP contribution in [0, 0.1) is 28.6 Å². The molecule has 1 aromatic rings. The Kier molecular flexibility index (Phi) is 4.75. The highest BCUT2D eigenvalue weighted by Crippen LogP contribution is 2.66. The minimum absolute atomic E-state index is 0.232. The lowest BCUT2D eigenvalue weighted by Crippen LogP contribution is -2.54. The summed E-state index contributed by atoms with van der Waals surface area (Å²) in [4.78, 5) is 19.2. The summed E-state index contributed by atoms with van der Waals surface area (Å²) in [5.74, 6) is 3.44. The van der Waals surface area contributed by atoms with Gasteiger partial charge in [-0.1, -0.05) is 26.8 Å². The van der Waals surface area contributed by atoms with Gasteiger partial charge >= 0.3 is 0 Å². The van der Waals surface area contributed by atoms with Crippen LogP contribution in [0.4, 0.5) is 0 Å². The van der Waals surface area contributed by atoms with E-state index < -0.39 is 0 Å². The fourth-order valence-corrected chi connectivity index (χ4v) is 8.01. The van der Waals surface area contributed by atoms with Crippen LogP contribution < -0.4 is 4.74 Å². The number of hydrogen-bond donors (Lipinski definition) is 0. The number of nitrogens with zero attached hydrogens (tertiary/aromatic N) is 2. The Morgan fingerprint density at radius 3 is 2.80 bits per heavy atom. The Balaban J connectivity index is 1.42. The molecule has 2 saturated carbocycles. The van der Waals surface area contributed by atoms with Gasteiger partial charge in [0.1, 0.15) is 5.75 Å². The third-order valence-corrected chi connectivity index (χ3v) is 9.55. The smallest absolute Gasteiger partial charge is 0.222 e. The molecule has 6 atom stereocenters. The van der Waals surface area contributed by atoms with Crippen molar-refractivity contribution in [3.63, 3.8) is 0 Å². The van der Waals surface area contributed by atoms with Crippen molar-refractivity contribution in [1.29, 1.82) is 0 Å². The summed E-state index contributed by atoms with van der Waals surface area (Å²) in [7, 11) is 1.72. The van der Waals surface area contributed by atoms with E-state index in [4.69, 9.17) is 4.74 Å². The van der Waals surface area contributed by atoms with E-state index in [0.29, 0.717) is 29.7 Å². The first-order chi connectivity index (χ1) is 14.4. The molecule has 4 nitrogen and oxygen atoms in total. The van der Waals surface area contributed by atoms with Gasteiger partial charge in [-0.2, -0.15) is 0 Å². The van der Waals surface area contributed by atoms with Crippen LogP contribution in [0.1, 0.15) is 71.3 Å². The number of pyridine rings is 1. The molecule has 1 aliphatic heterocycles. The molecule has 30 heavy (non-hydrogen) atoms. The zero-order chi connectivity index (χ0) is 21.1. The molecule has 1 aromatic heterocycles. The fraction of sp³-hybridized carbons (Fsp3) is 0.692. The van der Waals surface area contributed by atoms with Crippen LogP contribution in [0.2, 0.25) is 0 Å². The van der Waals surface area contributed by atoms with Crippen molar-refractivity contribution < 1.29 is 9.53 Å². The first kappa shape index (κ1) is 20.1. The number of methoxy groups -OCH3 is 1. The average Bonchev–Trinajstić information content (AvgIpc) is 3.30. The summed E-state index contributed by atoms with van der Waals surface area (Å²) in [5, 5.41) is 0. The number of hydrogen-bond acceptors (Lipinski definition) is 3. The van der Waals surface area contributed by atoms with Gasteiger partial charge in [-0.15, -0.1) is 0 Å². The third-order valence-electron chi connectivity index (χ3n) is 9.55. The summed E-state index contributed by atoms with van der Waals surface area (Å²) in [6.45, 7) is 7.99. The Morgan fingerprint density at radius 1 is 1.20 bits per heavy atom. The molecule has 1 saturated heterocycles. The van der Waals surface area contributed by atoms with Gasteiger partial charge < -0.3 is 9.64 Å². The van der Waals surface area contributed by atoms with Gasteiger partial charge in [0.25, 0.3) is 0 Å². The number of carbonyl (C=O) groups is 1. The lowest BCUT2D eigenvalue weighted by molar-refractivity contribution is -0.136. The fourth-order valence-electron chi connectivity index (χ4n) is 8.01. The maximum atomic E-state index is 12.6. The standard InChI is InChI=1S/C26H36N2O2/c1-5-24(29)28-13-12-26(3)22-10-11-25(2)20(17-14-18(30-4)16-27-15-17)7-8-21(25)19(22)6-9-23(26)28/h7,14-16,19,21-23H,5-6,8-13H2,1-4H3/t19-,21-,22-,23?,25+,26+/m0/s1. The van der Waals surface area contributed by atoms with E-state index in [1.165, 1.54) is 49.7 Å². The highest BCUT2D eigenvalue weighted by atomic mass is 16.5. The lowest BCUT2D eigenvalue weighted by atomic mass is 9.48. The van der Waals surface area contributed by atoms with Crippen LogP contribution in [0.25, 0.3) is 5.57 Å². The van der Waals surface area contributed by atoms with Gasteiger partial charge in [0, 0.05) is 25.2 Å². The molecule has 4 heteroatoms. The third kappa shape index (κ3) is 2.71. The van der Waals surface area contributed by atoms with Crippen molar-refractivity contribution in [2.45, 2.75) is 71.8 Å². The molecule has 0 bridgehead atoms. The summed E-state index contributed by atoms with van der Waals surface area (Å²) >= 11 is 0. The molecule has 4 aliphatic rings. The number of carbonyl (C=O) groups excluding carboxylic acids is 1. The van der Waals surface area contributed by atoms with E-state index in [1.54, 1.807) is 13.3 Å². The quantitative estimate of drug-likeness (QED) is 0.678. The van der Waals surface area contributed by atoms with Crippen LogP contribution in [0.15, 0.2) is 24.5 Å². The SMILES string of the molecule is CCC(=O)N1CC[C@@]2(C)C1CC[C@@H]1[C@@H]2CC[C@]2(C)C(c3cncc(OC)c3)=CC[C@@H]12. The second kappa shape index (κ2) is 7.10. The largest absolute Gasteiger partial charge is 0.495 e. The van der Waals surface area contributed by atoms with Gasteiger partial charge in [0.15, 0.2) is 0 Å². The zero-order valence-corrected chi connectivity index (χ0v) is 19.0. The molecule has 0 radical (unpaired) electrons. The Morgan fingerprint density at radius 2 is 2.03 bits per heavy atom. The van der Waals surface area contributed by atoms with Crippen LogP contribution in [0.5, 0.6) is 5.75 Å². The summed E-state index contributed by atoms with van der Waals surface area (Å²) in [6, 6.07) is 2.62. The van der Waals surface area contributed by atoms with E-state index in [9.17, 15) is 4.79 Å². The normalized spacial score (nSPS) is 39.7. The predicted molar refractivity (Wildman–Crippen MR) is 119 cm³/mol. The van der Waals surface area contributed by atoms with Crippen molar-refractivity contribution in [2.75, 3.05) is 13.7 Å². The Labute approximate surface area is 181 Å². The molecule has 0 spiro atoms. The molecule has 162 valence electrons. The highest BCUT2D eigenvalue weighted by molar-refractivity contribution is 5.77. The summed E-state index contributed by atoms with van der Waals surface area (Å²) in [6.07, 6.45) is 14.3. The minimum Gasteiger partial charge on any atom is -0.495 e. The molecule has 1 amide bonds. The molecule has 1 unspecified atom stereocenters. The predicted octanol–water partition coefficient (Wildman–Crippen LogP) is 5.34. The first-order valence-corrected chi connectivity index (χ1v) is 11.9. The van der Waals surface area contributed by atoms with Crippen molar-refractivity contribution in [1.82, 2.24) is 9.88 Å². The van der Waals surface area contributed by atoms with Crippen molar-refractivity contribution in [3.8, 4) is 5.75 Å². The minimum atomic E-state index is 0.232. The summed E-state index contributed by atoms with van der Waals surface area (Å²) in [5.41, 5.74) is 3.25. The van der Waals surface area contributed by atoms with Crippen molar-refractivity contribution in [3.05, 3.63) is 30.1 Å². The van der Waals surface area contributed by atoms with E-state index in [1.807, 2.05) is 13.1 Å². The van der Waals surface area contributed by atoms with Gasteiger partial charge in [-0.3, -0.25) is 9.78 Å². The van der Waals surface area contributed by atoms with Crippen LogP contribution in [-0.4, -0.2) is 35.5 Å². The molecule has 0 N–H and O–H groups in total. The number of fused-ring (bicyclic) bond motifs is 5. The van der Waals surface area contributed by atoms with Crippen molar-refractivity contribution in [2.24, 2.45) is 28.6 Å². The second-order valence-electron chi connectivity index (χ2n) is 10.6. The van der Waals surface area contributed by atoms with E-state index in [-0.39, 0.29) is 5.41 Å². The number of likely N-dealkylation sites (tertiary alicyclic amines) is 1. The Bertz CT molecular complexity index is 880. The number of amides is 1. The van der Waals surface area contributed by atoms with E-state index in [0.717, 1.165) is 24.1 Å². The lowest BCUT2D eigenvalue weighted by Gasteiger charge is -2.57. The number of aromatic nitrogens is 1. The van der Waals surface area contributed by atoms with Gasteiger partial charge in [-0.05, 0) is 84.3 Å². The van der Waals surface area contributed by atoms with Crippen molar-refractivity contribution >= 4 is 11.5 Å². The van der Waals surface area contributed by atoms with Gasteiger partial charge in [0.05, 0.1) is 13.3 Å². The molecule has 3 fully saturated rings. The maximum Gasteiger partial charge on any atom is 0.222 e. The molecule has 2 heterocycles. The average molecular weight is 409 g/mol. The maximum absolute atomic E-state index is 12.6. The number of rotatable bonds is 3. The molecule has 5 rings (SSSR count). The monoisotopic (exact) mass is 408 g/mol. The van der Waals surface area contributed by atoms with E-state index in [2.05, 4.69) is 35.9 Å². The topological polar surface area (TPSA) is 42.4 Å². The molecular formula is C26H36N2O2. The van der Waals surface area contributed by atoms with E-state index >= 15 is 0 Å².